The fourth-order valence-electron chi connectivity index (χ4n) is 1.78. The van der Waals surface area contributed by atoms with E-state index in [0.29, 0.717) is 11.5 Å². The zero-order valence-electron chi connectivity index (χ0n) is 10.1. The van der Waals surface area contributed by atoms with Gasteiger partial charge in [-0.3, -0.25) is 4.21 Å². The lowest BCUT2D eigenvalue weighted by Crippen LogP contribution is -2.38. The predicted molar refractivity (Wildman–Crippen MR) is 76.8 cm³/mol. The number of fused-ring (bicyclic) bond motifs is 1. The predicted octanol–water partition coefficient (Wildman–Crippen LogP) is 2.89. The van der Waals surface area contributed by atoms with E-state index in [1.807, 2.05) is 26.0 Å². The number of hydrogen-bond acceptors (Lipinski definition) is 3. The van der Waals surface area contributed by atoms with Crippen molar-refractivity contribution < 1.29 is 4.21 Å². The van der Waals surface area contributed by atoms with E-state index >= 15 is 0 Å². The molecular formula is C13H17NOS2. The third-order valence-corrected chi connectivity index (χ3v) is 5.12. The molecule has 0 spiro atoms. The Morgan fingerprint density at radius 3 is 2.76 bits per heavy atom. The van der Waals surface area contributed by atoms with Gasteiger partial charge in [-0.15, -0.1) is 11.3 Å². The van der Waals surface area contributed by atoms with Gasteiger partial charge in [0, 0.05) is 26.8 Å². The van der Waals surface area contributed by atoms with Crippen molar-refractivity contribution in [1.29, 1.82) is 0 Å². The third kappa shape index (κ3) is 3.37. The molecule has 92 valence electrons. The molecule has 0 bridgehead atoms. The molecule has 0 aliphatic carbocycles. The number of benzene rings is 1. The normalized spacial score (nSPS) is 14.1. The van der Waals surface area contributed by atoms with E-state index in [2.05, 4.69) is 17.5 Å². The minimum absolute atomic E-state index is 0.364. The van der Waals surface area contributed by atoms with Crippen molar-refractivity contribution in [2.24, 2.45) is 5.73 Å². The van der Waals surface area contributed by atoms with Gasteiger partial charge in [0.2, 0.25) is 0 Å². The maximum Gasteiger partial charge on any atom is 0.0500 e. The molecule has 0 radical (unpaired) electrons. The molecule has 1 atom stereocenters. The quantitative estimate of drug-likeness (QED) is 0.925. The van der Waals surface area contributed by atoms with E-state index in [1.54, 1.807) is 11.3 Å². The molecule has 17 heavy (non-hydrogen) atoms. The summed E-state index contributed by atoms with van der Waals surface area (Å²) in [5.41, 5.74) is 6.70. The summed E-state index contributed by atoms with van der Waals surface area (Å²) in [5, 5.41) is 3.33. The van der Waals surface area contributed by atoms with Crippen LogP contribution in [0.15, 0.2) is 29.6 Å². The van der Waals surface area contributed by atoms with Gasteiger partial charge in [0.15, 0.2) is 0 Å². The van der Waals surface area contributed by atoms with Crippen molar-refractivity contribution in [2.75, 3.05) is 5.75 Å². The molecule has 1 aromatic heterocycles. The molecule has 1 heterocycles. The van der Waals surface area contributed by atoms with Crippen LogP contribution in [0.5, 0.6) is 0 Å². The zero-order valence-corrected chi connectivity index (χ0v) is 11.7. The molecule has 2 N–H and O–H groups in total. The Kier molecular flexibility index (Phi) is 3.66. The van der Waals surface area contributed by atoms with Crippen LogP contribution < -0.4 is 5.73 Å². The van der Waals surface area contributed by atoms with Crippen LogP contribution >= 0.6 is 11.3 Å². The fraction of sp³-hybridized carbons (Fsp3) is 0.385. The van der Waals surface area contributed by atoms with E-state index in [-0.39, 0.29) is 5.54 Å². The van der Waals surface area contributed by atoms with Crippen LogP contribution in [0.25, 0.3) is 10.1 Å². The van der Waals surface area contributed by atoms with Gasteiger partial charge in [0.05, 0.1) is 5.75 Å². The van der Waals surface area contributed by atoms with Gasteiger partial charge in [-0.25, -0.2) is 0 Å². The van der Waals surface area contributed by atoms with Crippen molar-refractivity contribution >= 4 is 32.2 Å². The minimum Gasteiger partial charge on any atom is -0.325 e. The van der Waals surface area contributed by atoms with Crippen LogP contribution in [0.3, 0.4) is 0 Å². The molecule has 0 fully saturated rings. The number of thiophene rings is 1. The molecule has 0 saturated carbocycles. The van der Waals surface area contributed by atoms with Crippen LogP contribution in [0, 0.1) is 0 Å². The summed E-state index contributed by atoms with van der Waals surface area (Å²) in [6.07, 6.45) is 0. The van der Waals surface area contributed by atoms with Gasteiger partial charge < -0.3 is 5.73 Å². The molecule has 0 aliphatic rings. The highest BCUT2D eigenvalue weighted by molar-refractivity contribution is 7.84. The van der Waals surface area contributed by atoms with E-state index in [0.717, 1.165) is 0 Å². The molecular weight excluding hydrogens is 250 g/mol. The van der Waals surface area contributed by atoms with Crippen LogP contribution in [0.1, 0.15) is 19.4 Å². The Balaban J connectivity index is 2.16. The van der Waals surface area contributed by atoms with Crippen molar-refractivity contribution in [3.05, 3.63) is 35.2 Å². The Morgan fingerprint density at radius 1 is 1.35 bits per heavy atom. The monoisotopic (exact) mass is 267 g/mol. The third-order valence-electron chi connectivity index (χ3n) is 2.41. The molecule has 1 unspecified atom stereocenters. The second-order valence-electron chi connectivity index (χ2n) is 4.97. The van der Waals surface area contributed by atoms with Crippen LogP contribution in [-0.4, -0.2) is 15.5 Å². The summed E-state index contributed by atoms with van der Waals surface area (Å²) in [6.45, 7) is 3.83. The van der Waals surface area contributed by atoms with E-state index in [1.165, 1.54) is 15.6 Å². The van der Waals surface area contributed by atoms with Gasteiger partial charge in [-0.2, -0.15) is 0 Å². The second-order valence-corrected chi connectivity index (χ2v) is 7.34. The van der Waals surface area contributed by atoms with Gasteiger partial charge >= 0.3 is 0 Å². The molecule has 4 heteroatoms. The van der Waals surface area contributed by atoms with Crippen molar-refractivity contribution in [3.63, 3.8) is 0 Å². The lowest BCUT2D eigenvalue weighted by Gasteiger charge is -2.17. The zero-order chi connectivity index (χ0) is 12.5. The Labute approximate surface area is 108 Å². The molecule has 0 aliphatic heterocycles. The summed E-state index contributed by atoms with van der Waals surface area (Å²) < 4.78 is 13.3. The van der Waals surface area contributed by atoms with Crippen LogP contribution in [0.4, 0.5) is 0 Å². The molecule has 0 saturated heterocycles. The average molecular weight is 267 g/mol. The Morgan fingerprint density at radius 2 is 2.06 bits per heavy atom. The minimum atomic E-state index is -0.893. The molecule has 2 rings (SSSR count). The first-order valence-electron chi connectivity index (χ1n) is 5.55. The summed E-state index contributed by atoms with van der Waals surface area (Å²) >= 11 is 1.71. The summed E-state index contributed by atoms with van der Waals surface area (Å²) in [7, 11) is -0.893. The maximum absolute atomic E-state index is 12.0. The first kappa shape index (κ1) is 12.7. The van der Waals surface area contributed by atoms with E-state index < -0.39 is 10.8 Å². The second kappa shape index (κ2) is 4.88. The van der Waals surface area contributed by atoms with Gasteiger partial charge in [0.1, 0.15) is 0 Å². The standard InChI is InChI=1S/C13H17NOS2/c1-13(2,14)9-17(15)8-10-7-16-12-6-4-3-5-11(10)12/h3-7H,8-9,14H2,1-2H3. The van der Waals surface area contributed by atoms with Gasteiger partial charge in [-0.1, -0.05) is 18.2 Å². The van der Waals surface area contributed by atoms with Gasteiger partial charge in [0.25, 0.3) is 0 Å². The van der Waals surface area contributed by atoms with Crippen molar-refractivity contribution in [3.8, 4) is 0 Å². The highest BCUT2D eigenvalue weighted by Crippen LogP contribution is 2.26. The first-order chi connectivity index (χ1) is 7.96. The lowest BCUT2D eigenvalue weighted by molar-refractivity contribution is 0.577. The first-order valence-corrected chi connectivity index (χ1v) is 7.91. The Hall–Kier alpha value is -0.710. The van der Waals surface area contributed by atoms with E-state index in [9.17, 15) is 4.21 Å². The highest BCUT2D eigenvalue weighted by Gasteiger charge is 2.16. The number of nitrogens with two attached hydrogens (primary N) is 1. The number of hydrogen-bond donors (Lipinski definition) is 1. The van der Waals surface area contributed by atoms with Crippen LogP contribution in [0.2, 0.25) is 0 Å². The maximum atomic E-state index is 12.0. The summed E-state index contributed by atoms with van der Waals surface area (Å²) in [5.74, 6) is 1.14. The van der Waals surface area contributed by atoms with Crippen molar-refractivity contribution in [1.82, 2.24) is 0 Å². The van der Waals surface area contributed by atoms with Gasteiger partial charge in [-0.05, 0) is 36.2 Å². The summed E-state index contributed by atoms with van der Waals surface area (Å²) in [6, 6.07) is 8.24. The smallest absolute Gasteiger partial charge is 0.0500 e. The van der Waals surface area contributed by atoms with Crippen molar-refractivity contribution in [2.45, 2.75) is 25.1 Å². The van der Waals surface area contributed by atoms with E-state index in [4.69, 9.17) is 5.73 Å². The average Bonchev–Trinajstić information content (AvgIpc) is 2.59. The molecule has 0 amide bonds. The number of rotatable bonds is 4. The highest BCUT2D eigenvalue weighted by atomic mass is 32.2. The largest absolute Gasteiger partial charge is 0.325 e. The fourth-order valence-corrected chi connectivity index (χ4v) is 4.37. The van der Waals surface area contributed by atoms with Crippen LogP contribution in [-0.2, 0) is 16.6 Å². The lowest BCUT2D eigenvalue weighted by atomic mass is 10.1. The molecule has 2 nitrogen and oxygen atoms in total. The molecule has 2 aromatic rings. The molecule has 1 aromatic carbocycles. The SMILES string of the molecule is CC(C)(N)CS(=O)Cc1csc2ccccc12. The summed E-state index contributed by atoms with van der Waals surface area (Å²) in [4.78, 5) is 0. The Bertz CT molecular complexity index is 540. The topological polar surface area (TPSA) is 43.1 Å².